The van der Waals surface area contributed by atoms with Gasteiger partial charge in [-0.3, -0.25) is 4.68 Å². The first kappa shape index (κ1) is 12.8. The summed E-state index contributed by atoms with van der Waals surface area (Å²) in [4.78, 5) is 16.6. The second-order valence-electron chi connectivity index (χ2n) is 3.75. The number of rotatable bonds is 4. The molecule has 1 aromatic carbocycles. The second kappa shape index (κ2) is 5.81. The number of hydrogen-bond acceptors (Lipinski definition) is 4. The Morgan fingerprint density at radius 1 is 1.37 bits per heavy atom. The number of amidine groups is 1. The normalized spacial score (nSPS) is 11.3. The molecule has 6 nitrogen and oxygen atoms in total. The summed E-state index contributed by atoms with van der Waals surface area (Å²) >= 11 is 0. The van der Waals surface area contributed by atoms with E-state index in [0.717, 1.165) is 0 Å². The smallest absolute Gasteiger partial charge is 0.380 e. The van der Waals surface area contributed by atoms with Gasteiger partial charge in [0.1, 0.15) is 5.69 Å². The van der Waals surface area contributed by atoms with Crippen molar-refractivity contribution in [1.29, 1.82) is 0 Å². The van der Waals surface area contributed by atoms with Crippen molar-refractivity contribution in [3.05, 3.63) is 53.9 Å². The molecule has 0 aliphatic carbocycles. The summed E-state index contributed by atoms with van der Waals surface area (Å²) in [6.07, 6.45) is 1.53. The Hall–Kier alpha value is -2.63. The van der Waals surface area contributed by atoms with E-state index in [1.54, 1.807) is 18.2 Å². The van der Waals surface area contributed by atoms with Crippen molar-refractivity contribution in [1.82, 2.24) is 9.78 Å². The first-order valence-electron chi connectivity index (χ1n) is 5.84. The maximum atomic E-state index is 11.8. The molecule has 0 unspecified atom stereocenters. The fraction of sp³-hybridized carbons (Fsp3) is 0.154. The Labute approximate surface area is 110 Å². The molecule has 0 aliphatic rings. The number of carbonyl (C=O) groups is 1. The number of aryl methyl sites for hydroxylation is 1. The molecule has 0 radical (unpaired) electrons. The molecule has 0 amide bonds. The second-order valence-corrected chi connectivity index (χ2v) is 3.75. The SMILES string of the molecule is CCn1nccc1C(=O)O/N=C(\N)c1ccccc1. The Kier molecular flexibility index (Phi) is 3.92. The molecule has 1 aromatic heterocycles. The molecule has 2 N–H and O–H groups in total. The monoisotopic (exact) mass is 258 g/mol. The molecule has 0 fully saturated rings. The lowest BCUT2D eigenvalue weighted by atomic mass is 10.2. The molecule has 0 bridgehead atoms. The number of hydrogen-bond donors (Lipinski definition) is 1. The third-order valence-electron chi connectivity index (χ3n) is 2.52. The third kappa shape index (κ3) is 2.98. The van der Waals surface area contributed by atoms with Gasteiger partial charge >= 0.3 is 5.97 Å². The molecule has 0 atom stereocenters. The van der Waals surface area contributed by atoms with Crippen molar-refractivity contribution in [2.24, 2.45) is 10.9 Å². The number of nitrogens with two attached hydrogens (primary N) is 1. The Bertz CT molecular complexity index is 590. The van der Waals surface area contributed by atoms with Crippen LogP contribution in [0.1, 0.15) is 23.0 Å². The minimum Gasteiger partial charge on any atom is -0.380 e. The summed E-state index contributed by atoms with van der Waals surface area (Å²) in [5, 5.41) is 7.61. The number of benzene rings is 1. The molecule has 0 saturated carbocycles. The first-order valence-corrected chi connectivity index (χ1v) is 5.84. The van der Waals surface area contributed by atoms with Gasteiger partial charge in [0.2, 0.25) is 0 Å². The van der Waals surface area contributed by atoms with Crippen LogP contribution in [-0.2, 0) is 11.4 Å². The van der Waals surface area contributed by atoms with E-state index in [0.29, 0.717) is 17.8 Å². The fourth-order valence-corrected chi connectivity index (χ4v) is 1.56. The summed E-state index contributed by atoms with van der Waals surface area (Å²) in [5.74, 6) is -0.435. The number of aromatic nitrogens is 2. The van der Waals surface area contributed by atoms with Gasteiger partial charge in [0.05, 0.1) is 0 Å². The van der Waals surface area contributed by atoms with Gasteiger partial charge < -0.3 is 10.6 Å². The summed E-state index contributed by atoms with van der Waals surface area (Å²) in [6.45, 7) is 2.46. The molecule has 1 heterocycles. The largest absolute Gasteiger partial charge is 0.383 e. The zero-order chi connectivity index (χ0) is 13.7. The van der Waals surface area contributed by atoms with Crippen LogP contribution in [0.2, 0.25) is 0 Å². The Balaban J connectivity index is 2.08. The van der Waals surface area contributed by atoms with Crippen molar-refractivity contribution in [2.45, 2.75) is 13.5 Å². The van der Waals surface area contributed by atoms with Crippen LogP contribution >= 0.6 is 0 Å². The van der Waals surface area contributed by atoms with Gasteiger partial charge in [0, 0.05) is 18.3 Å². The van der Waals surface area contributed by atoms with E-state index in [1.165, 1.54) is 10.9 Å². The van der Waals surface area contributed by atoms with Gasteiger partial charge in [-0.15, -0.1) is 0 Å². The van der Waals surface area contributed by atoms with Gasteiger partial charge in [0.25, 0.3) is 0 Å². The van der Waals surface area contributed by atoms with Crippen LogP contribution in [0.25, 0.3) is 0 Å². The van der Waals surface area contributed by atoms with E-state index < -0.39 is 5.97 Å². The highest BCUT2D eigenvalue weighted by Gasteiger charge is 2.13. The first-order chi connectivity index (χ1) is 9.22. The molecule has 6 heteroatoms. The van der Waals surface area contributed by atoms with Crippen molar-refractivity contribution in [3.63, 3.8) is 0 Å². The average Bonchev–Trinajstić information content (AvgIpc) is 2.93. The van der Waals surface area contributed by atoms with Crippen LogP contribution in [0.15, 0.2) is 47.8 Å². The number of nitrogens with zero attached hydrogens (tertiary/aromatic N) is 3. The fourth-order valence-electron chi connectivity index (χ4n) is 1.56. The quantitative estimate of drug-likeness (QED) is 0.389. The lowest BCUT2D eigenvalue weighted by Crippen LogP contribution is -2.16. The van der Waals surface area contributed by atoms with E-state index in [9.17, 15) is 4.79 Å². The van der Waals surface area contributed by atoms with Crippen molar-refractivity contribution < 1.29 is 9.63 Å². The predicted molar refractivity (Wildman–Crippen MR) is 70.5 cm³/mol. The highest BCUT2D eigenvalue weighted by molar-refractivity contribution is 5.97. The van der Waals surface area contributed by atoms with Crippen molar-refractivity contribution >= 4 is 11.8 Å². The molecular formula is C13H14N4O2. The van der Waals surface area contributed by atoms with E-state index in [4.69, 9.17) is 10.6 Å². The van der Waals surface area contributed by atoms with Crippen LogP contribution in [-0.4, -0.2) is 21.6 Å². The molecule has 19 heavy (non-hydrogen) atoms. The molecule has 0 saturated heterocycles. The predicted octanol–water partition coefficient (Wildman–Crippen LogP) is 1.38. The van der Waals surface area contributed by atoms with Crippen LogP contribution in [0, 0.1) is 0 Å². The van der Waals surface area contributed by atoms with E-state index in [2.05, 4.69) is 10.3 Å². The standard InChI is InChI=1S/C13H14N4O2/c1-2-17-11(8-9-15-17)13(18)19-16-12(14)10-6-4-3-5-7-10/h3-9H,2H2,1H3,(H2,14,16). The third-order valence-corrected chi connectivity index (χ3v) is 2.52. The number of carbonyl (C=O) groups excluding carboxylic acids is 1. The molecule has 2 aromatic rings. The maximum Gasteiger partial charge on any atom is 0.383 e. The van der Waals surface area contributed by atoms with Crippen molar-refractivity contribution in [2.75, 3.05) is 0 Å². The van der Waals surface area contributed by atoms with Gasteiger partial charge in [-0.05, 0) is 13.0 Å². The molecule has 0 aliphatic heterocycles. The van der Waals surface area contributed by atoms with Gasteiger partial charge in [-0.25, -0.2) is 4.79 Å². The van der Waals surface area contributed by atoms with Gasteiger partial charge in [0.15, 0.2) is 5.84 Å². The Morgan fingerprint density at radius 2 is 2.11 bits per heavy atom. The maximum absolute atomic E-state index is 11.8. The average molecular weight is 258 g/mol. The van der Waals surface area contributed by atoms with Crippen LogP contribution in [0.3, 0.4) is 0 Å². The van der Waals surface area contributed by atoms with Gasteiger partial charge in [-0.2, -0.15) is 5.10 Å². The lowest BCUT2D eigenvalue weighted by molar-refractivity contribution is 0.0501. The van der Waals surface area contributed by atoms with Crippen LogP contribution in [0.5, 0.6) is 0 Å². The summed E-state index contributed by atoms with van der Waals surface area (Å²) in [6, 6.07) is 10.6. The van der Waals surface area contributed by atoms with Crippen molar-refractivity contribution in [3.8, 4) is 0 Å². The molecule has 2 rings (SSSR count). The topological polar surface area (TPSA) is 82.5 Å². The van der Waals surface area contributed by atoms with E-state index in [1.807, 2.05) is 25.1 Å². The molecular weight excluding hydrogens is 244 g/mol. The summed E-state index contributed by atoms with van der Waals surface area (Å²) in [7, 11) is 0. The summed E-state index contributed by atoms with van der Waals surface area (Å²) in [5.41, 5.74) is 6.75. The van der Waals surface area contributed by atoms with Gasteiger partial charge in [-0.1, -0.05) is 35.5 Å². The molecule has 98 valence electrons. The zero-order valence-electron chi connectivity index (χ0n) is 10.5. The van der Waals surface area contributed by atoms with Crippen LogP contribution < -0.4 is 5.73 Å². The van der Waals surface area contributed by atoms with E-state index in [-0.39, 0.29) is 5.84 Å². The highest BCUT2D eigenvalue weighted by atomic mass is 16.7. The zero-order valence-corrected chi connectivity index (χ0v) is 10.5. The molecule has 0 spiro atoms. The number of oxime groups is 1. The Morgan fingerprint density at radius 3 is 2.79 bits per heavy atom. The van der Waals surface area contributed by atoms with Crippen LogP contribution in [0.4, 0.5) is 0 Å². The minimum absolute atomic E-state index is 0.150. The summed E-state index contributed by atoms with van der Waals surface area (Å²) < 4.78 is 1.52. The highest BCUT2D eigenvalue weighted by Crippen LogP contribution is 2.03. The minimum atomic E-state index is -0.585. The lowest BCUT2D eigenvalue weighted by Gasteiger charge is -2.02. The van der Waals surface area contributed by atoms with E-state index >= 15 is 0 Å².